The maximum Gasteiger partial charge on any atom is 0.323 e. The number of halogens is 1. The van der Waals surface area contributed by atoms with Crippen LogP contribution in [0.4, 0.5) is 0 Å². The Balaban J connectivity index is 1.53. The number of unbranched alkanes of at least 4 members (excludes halogenated alkanes) is 1. The van der Waals surface area contributed by atoms with Gasteiger partial charge in [0.05, 0.1) is 12.8 Å². The highest BCUT2D eigenvalue weighted by Gasteiger charge is 2.23. The molecule has 0 radical (unpaired) electrons. The third-order valence-corrected chi connectivity index (χ3v) is 7.13. The Labute approximate surface area is 243 Å². The smallest absolute Gasteiger partial charge is 0.323 e. The van der Waals surface area contributed by atoms with Crippen molar-refractivity contribution >= 4 is 23.5 Å². The van der Waals surface area contributed by atoms with E-state index in [1.54, 1.807) is 7.05 Å². The predicted molar refractivity (Wildman–Crippen MR) is 154 cm³/mol. The molecule has 0 fully saturated rings. The summed E-state index contributed by atoms with van der Waals surface area (Å²) in [7, 11) is 2.96. The second kappa shape index (κ2) is 14.5. The van der Waals surface area contributed by atoms with Gasteiger partial charge in [-0.25, -0.2) is 4.98 Å². The number of carbonyl (C=O) groups is 2. The molecule has 0 aliphatic heterocycles. The molecule has 0 unspecified atom stereocenters. The maximum atomic E-state index is 12.8. The van der Waals surface area contributed by atoms with Crippen molar-refractivity contribution in [3.05, 3.63) is 70.8 Å². The van der Waals surface area contributed by atoms with Gasteiger partial charge in [0.2, 0.25) is 5.82 Å². The van der Waals surface area contributed by atoms with E-state index in [4.69, 9.17) is 16.3 Å². The summed E-state index contributed by atoms with van der Waals surface area (Å²) in [6, 6.07) is 15.5. The van der Waals surface area contributed by atoms with Crippen LogP contribution in [0.15, 0.2) is 48.5 Å². The standard InChI is InChI=1S/C29H34ClN7O4/c1-4-5-10-25-32-27(30)24(18-41-29(39)23(31-2)15-16-26(38)40-3)37(25)17-19-11-13-20(14-12-19)21-8-6-7-9-22(21)28-33-35-36-34-28/h6-9,11-14,23,31H,4-5,10,15-18H2,1-3H3,(H,33,34,35,36)/t23-/m1/s1. The molecule has 4 rings (SSSR count). The highest BCUT2D eigenvalue weighted by atomic mass is 35.5. The molecule has 11 nitrogen and oxygen atoms in total. The van der Waals surface area contributed by atoms with Gasteiger partial charge in [0.1, 0.15) is 18.5 Å². The number of nitrogens with one attached hydrogen (secondary N) is 2. The van der Waals surface area contributed by atoms with Gasteiger partial charge in [0.25, 0.3) is 0 Å². The summed E-state index contributed by atoms with van der Waals surface area (Å²) in [6.45, 7) is 2.59. The van der Waals surface area contributed by atoms with E-state index in [-0.39, 0.29) is 25.4 Å². The van der Waals surface area contributed by atoms with Crippen molar-refractivity contribution in [2.75, 3.05) is 14.2 Å². The quantitative estimate of drug-likeness (QED) is 0.209. The normalized spacial score (nSPS) is 11.8. The van der Waals surface area contributed by atoms with Gasteiger partial charge in [-0.2, -0.15) is 5.21 Å². The second-order valence-electron chi connectivity index (χ2n) is 9.50. The molecule has 1 atom stereocenters. The number of likely N-dealkylation sites (N-methyl/N-ethyl adjacent to an activating group) is 1. The lowest BCUT2D eigenvalue weighted by atomic mass is 9.98. The number of esters is 2. The van der Waals surface area contributed by atoms with Crippen molar-refractivity contribution in [2.45, 2.75) is 58.2 Å². The zero-order valence-corrected chi connectivity index (χ0v) is 24.1. The Morgan fingerprint density at radius 2 is 1.88 bits per heavy atom. The molecule has 0 saturated carbocycles. The van der Waals surface area contributed by atoms with Gasteiger partial charge in [0, 0.05) is 24.9 Å². The molecule has 2 heterocycles. The molecule has 0 spiro atoms. The molecule has 2 N–H and O–H groups in total. The molecule has 0 amide bonds. The molecular weight excluding hydrogens is 546 g/mol. The molecule has 4 aromatic rings. The molecule has 0 aliphatic rings. The third kappa shape index (κ3) is 7.56. The number of imidazole rings is 1. The Morgan fingerprint density at radius 1 is 1.12 bits per heavy atom. The van der Waals surface area contributed by atoms with Crippen LogP contribution in [0.1, 0.15) is 49.7 Å². The summed E-state index contributed by atoms with van der Waals surface area (Å²) >= 11 is 6.57. The number of aromatic nitrogens is 6. The van der Waals surface area contributed by atoms with Crippen LogP contribution in [0.2, 0.25) is 5.15 Å². The molecule has 12 heteroatoms. The van der Waals surface area contributed by atoms with Crippen LogP contribution in [0.3, 0.4) is 0 Å². The van der Waals surface area contributed by atoms with Gasteiger partial charge < -0.3 is 19.4 Å². The monoisotopic (exact) mass is 579 g/mol. The van der Waals surface area contributed by atoms with Crippen LogP contribution in [-0.2, 0) is 38.6 Å². The lowest BCUT2D eigenvalue weighted by Gasteiger charge is -2.16. The Hall–Kier alpha value is -4.09. The van der Waals surface area contributed by atoms with E-state index >= 15 is 0 Å². The molecule has 41 heavy (non-hydrogen) atoms. The average Bonchev–Trinajstić information content (AvgIpc) is 3.63. The first kappa shape index (κ1) is 29.9. The number of aromatic amines is 1. The van der Waals surface area contributed by atoms with Gasteiger partial charge in [-0.05, 0) is 41.8 Å². The number of methoxy groups -OCH3 is 1. The van der Waals surface area contributed by atoms with Crippen LogP contribution in [0.5, 0.6) is 0 Å². The van der Waals surface area contributed by atoms with Crippen LogP contribution in [0, 0.1) is 0 Å². The van der Waals surface area contributed by atoms with Crippen LogP contribution in [-0.4, -0.2) is 62.3 Å². The minimum Gasteiger partial charge on any atom is -0.469 e. The minimum atomic E-state index is -0.647. The van der Waals surface area contributed by atoms with Crippen molar-refractivity contribution < 1.29 is 19.1 Å². The maximum absolute atomic E-state index is 12.8. The van der Waals surface area contributed by atoms with Crippen molar-refractivity contribution in [2.24, 2.45) is 0 Å². The van der Waals surface area contributed by atoms with Gasteiger partial charge in [0.15, 0.2) is 5.15 Å². The van der Waals surface area contributed by atoms with Crippen LogP contribution in [0.25, 0.3) is 22.5 Å². The van der Waals surface area contributed by atoms with E-state index in [2.05, 4.69) is 66.9 Å². The molecule has 2 aromatic carbocycles. The largest absolute Gasteiger partial charge is 0.469 e. The number of tetrazole rings is 1. The Morgan fingerprint density at radius 3 is 2.54 bits per heavy atom. The molecular formula is C29H34ClN7O4. The zero-order chi connectivity index (χ0) is 29.2. The number of carbonyl (C=O) groups excluding carboxylic acids is 2. The summed E-state index contributed by atoms with van der Waals surface area (Å²) in [4.78, 5) is 28.9. The molecule has 0 aliphatic carbocycles. The van der Waals surface area contributed by atoms with Gasteiger partial charge >= 0.3 is 11.9 Å². The first-order valence-corrected chi connectivity index (χ1v) is 13.9. The highest BCUT2D eigenvalue weighted by Crippen LogP contribution is 2.30. The summed E-state index contributed by atoms with van der Waals surface area (Å²) in [5.74, 6) is 0.512. The number of hydrogen-bond donors (Lipinski definition) is 2. The molecule has 216 valence electrons. The summed E-state index contributed by atoms with van der Waals surface area (Å²) in [6.07, 6.45) is 3.07. The zero-order valence-electron chi connectivity index (χ0n) is 23.4. The molecule has 2 aromatic heterocycles. The van der Waals surface area contributed by atoms with Crippen LogP contribution >= 0.6 is 11.6 Å². The number of nitrogens with zero attached hydrogens (tertiary/aromatic N) is 5. The van der Waals surface area contributed by atoms with E-state index in [0.29, 0.717) is 23.2 Å². The van der Waals surface area contributed by atoms with Crippen molar-refractivity contribution in [1.82, 2.24) is 35.5 Å². The van der Waals surface area contributed by atoms with Crippen molar-refractivity contribution in [3.63, 3.8) is 0 Å². The topological polar surface area (TPSA) is 137 Å². The summed E-state index contributed by atoms with van der Waals surface area (Å²) in [5.41, 5.74) is 4.56. The first-order valence-electron chi connectivity index (χ1n) is 13.5. The minimum absolute atomic E-state index is 0.0383. The lowest BCUT2D eigenvalue weighted by molar-refractivity contribution is -0.148. The average molecular weight is 580 g/mol. The molecule has 0 saturated heterocycles. The van der Waals surface area contributed by atoms with Gasteiger partial charge in [-0.15, -0.1) is 10.2 Å². The summed E-state index contributed by atoms with van der Waals surface area (Å²) < 4.78 is 12.3. The lowest BCUT2D eigenvalue weighted by Crippen LogP contribution is -2.36. The van der Waals surface area contributed by atoms with Crippen molar-refractivity contribution in [3.8, 4) is 22.5 Å². The SMILES string of the molecule is CCCCc1nc(Cl)c(COC(=O)[C@@H](CCC(=O)OC)NC)n1Cc1ccc(-c2ccccc2-c2nn[nH]n2)cc1. The molecule has 0 bridgehead atoms. The number of benzene rings is 2. The number of hydrogen-bond acceptors (Lipinski definition) is 9. The highest BCUT2D eigenvalue weighted by molar-refractivity contribution is 6.30. The first-order chi connectivity index (χ1) is 19.9. The number of ether oxygens (including phenoxy) is 2. The Kier molecular flexibility index (Phi) is 10.6. The van der Waals surface area contributed by atoms with E-state index in [1.165, 1.54) is 7.11 Å². The van der Waals surface area contributed by atoms with E-state index in [9.17, 15) is 9.59 Å². The fourth-order valence-electron chi connectivity index (χ4n) is 4.52. The number of H-pyrrole nitrogens is 1. The summed E-state index contributed by atoms with van der Waals surface area (Å²) in [5, 5.41) is 17.7. The fourth-order valence-corrected chi connectivity index (χ4v) is 4.77. The van der Waals surface area contributed by atoms with E-state index in [1.807, 2.05) is 28.8 Å². The fraction of sp³-hybridized carbons (Fsp3) is 0.379. The van der Waals surface area contributed by atoms with Crippen LogP contribution < -0.4 is 5.32 Å². The van der Waals surface area contributed by atoms with E-state index in [0.717, 1.165) is 47.3 Å². The van der Waals surface area contributed by atoms with Gasteiger partial charge in [-0.3, -0.25) is 9.59 Å². The number of rotatable bonds is 14. The predicted octanol–water partition coefficient (Wildman–Crippen LogP) is 4.36. The third-order valence-electron chi connectivity index (χ3n) is 6.82. The van der Waals surface area contributed by atoms with E-state index < -0.39 is 12.0 Å². The number of aryl methyl sites for hydroxylation is 1. The second-order valence-corrected chi connectivity index (χ2v) is 9.85. The van der Waals surface area contributed by atoms with Gasteiger partial charge in [-0.1, -0.05) is 73.5 Å². The Bertz CT molecular complexity index is 1440. The van der Waals surface area contributed by atoms with Crippen molar-refractivity contribution in [1.29, 1.82) is 0 Å².